The molecule has 0 aliphatic carbocycles. The summed E-state index contributed by atoms with van der Waals surface area (Å²) < 4.78 is 10.9. The standard InChI is InChI=1S/C16H13NO4/c17-11-12-4-3-5-13(10-12)20-8-9-21-15-7-2-1-6-14(15)16(18)19/h1-7,10H,8-9H2,(H,18,19). The predicted octanol–water partition coefficient (Wildman–Crippen LogP) is 2.71. The molecule has 0 fully saturated rings. The van der Waals surface area contributed by atoms with Crippen molar-refractivity contribution in [1.82, 2.24) is 0 Å². The number of hydrogen-bond donors (Lipinski definition) is 1. The van der Waals surface area contributed by atoms with Gasteiger partial charge in [0.05, 0.1) is 11.6 Å². The van der Waals surface area contributed by atoms with E-state index in [1.165, 1.54) is 6.07 Å². The average molecular weight is 283 g/mol. The molecule has 1 N–H and O–H groups in total. The minimum atomic E-state index is -1.03. The van der Waals surface area contributed by atoms with E-state index in [-0.39, 0.29) is 18.8 Å². The Morgan fingerprint density at radius 1 is 1.10 bits per heavy atom. The van der Waals surface area contributed by atoms with Crippen LogP contribution >= 0.6 is 0 Å². The Labute approximate surface area is 122 Å². The Kier molecular flexibility index (Phi) is 4.78. The fourth-order valence-electron chi connectivity index (χ4n) is 1.74. The Morgan fingerprint density at radius 3 is 2.62 bits per heavy atom. The number of ether oxygens (including phenoxy) is 2. The van der Waals surface area contributed by atoms with Gasteiger partial charge >= 0.3 is 5.97 Å². The minimum absolute atomic E-state index is 0.115. The second-order valence-electron chi connectivity index (χ2n) is 4.14. The Hall–Kier alpha value is -3.00. The molecular weight excluding hydrogens is 270 g/mol. The van der Waals surface area contributed by atoms with Crippen LogP contribution < -0.4 is 9.47 Å². The normalized spacial score (nSPS) is 9.67. The van der Waals surface area contributed by atoms with Crippen molar-refractivity contribution < 1.29 is 19.4 Å². The highest BCUT2D eigenvalue weighted by Crippen LogP contribution is 2.18. The summed E-state index contributed by atoms with van der Waals surface area (Å²) in [6.45, 7) is 0.462. The molecule has 2 rings (SSSR count). The van der Waals surface area contributed by atoms with Crippen LogP contribution in [-0.4, -0.2) is 24.3 Å². The smallest absolute Gasteiger partial charge is 0.339 e. The molecule has 0 heterocycles. The zero-order chi connectivity index (χ0) is 15.1. The van der Waals surface area contributed by atoms with Crippen LogP contribution in [0.4, 0.5) is 0 Å². The number of carboxylic acid groups (broad SMARTS) is 1. The summed E-state index contributed by atoms with van der Waals surface area (Å²) in [4.78, 5) is 11.0. The lowest BCUT2D eigenvalue weighted by atomic mass is 10.2. The van der Waals surface area contributed by atoms with Gasteiger partial charge in [-0.1, -0.05) is 18.2 Å². The highest BCUT2D eigenvalue weighted by atomic mass is 16.5. The monoisotopic (exact) mass is 283 g/mol. The van der Waals surface area contributed by atoms with E-state index in [9.17, 15) is 4.79 Å². The number of carboxylic acids is 1. The average Bonchev–Trinajstić information content (AvgIpc) is 2.52. The Balaban J connectivity index is 1.88. The maximum absolute atomic E-state index is 11.0. The molecule has 0 aromatic heterocycles. The molecule has 5 nitrogen and oxygen atoms in total. The van der Waals surface area contributed by atoms with E-state index in [2.05, 4.69) is 0 Å². The molecule has 0 saturated carbocycles. The predicted molar refractivity (Wildman–Crippen MR) is 75.5 cm³/mol. The molecular formula is C16H13NO4. The van der Waals surface area contributed by atoms with Crippen molar-refractivity contribution in [3.8, 4) is 17.6 Å². The van der Waals surface area contributed by atoms with E-state index in [0.717, 1.165) is 0 Å². The second kappa shape index (κ2) is 6.96. The van der Waals surface area contributed by atoms with Gasteiger partial charge in [-0.15, -0.1) is 0 Å². The van der Waals surface area contributed by atoms with Gasteiger partial charge in [0.25, 0.3) is 0 Å². The summed E-state index contributed by atoms with van der Waals surface area (Å²) in [5.74, 6) is -0.156. The minimum Gasteiger partial charge on any atom is -0.490 e. The van der Waals surface area contributed by atoms with Gasteiger partial charge in [0, 0.05) is 0 Å². The van der Waals surface area contributed by atoms with Crippen LogP contribution in [0.1, 0.15) is 15.9 Å². The van der Waals surface area contributed by atoms with Crippen LogP contribution in [-0.2, 0) is 0 Å². The molecule has 0 spiro atoms. The molecule has 106 valence electrons. The number of carbonyl (C=O) groups is 1. The first-order valence-corrected chi connectivity index (χ1v) is 6.29. The lowest BCUT2D eigenvalue weighted by Crippen LogP contribution is -2.11. The SMILES string of the molecule is N#Cc1cccc(OCCOc2ccccc2C(=O)O)c1. The summed E-state index contributed by atoms with van der Waals surface area (Å²) in [7, 11) is 0. The fourth-order valence-corrected chi connectivity index (χ4v) is 1.74. The van der Waals surface area contributed by atoms with E-state index in [1.54, 1.807) is 42.5 Å². The molecule has 0 saturated heterocycles. The third-order valence-electron chi connectivity index (χ3n) is 2.69. The number of rotatable bonds is 6. The highest BCUT2D eigenvalue weighted by Gasteiger charge is 2.09. The second-order valence-corrected chi connectivity index (χ2v) is 4.14. The van der Waals surface area contributed by atoms with Gasteiger partial charge in [-0.25, -0.2) is 4.79 Å². The molecule has 2 aromatic carbocycles. The summed E-state index contributed by atoms with van der Waals surface area (Å²) in [6, 6.07) is 15.2. The molecule has 0 bridgehead atoms. The molecule has 5 heteroatoms. The first-order valence-electron chi connectivity index (χ1n) is 6.29. The van der Waals surface area contributed by atoms with Gasteiger partial charge in [-0.2, -0.15) is 5.26 Å². The molecule has 0 amide bonds. The van der Waals surface area contributed by atoms with E-state index in [0.29, 0.717) is 17.1 Å². The number of hydrogen-bond acceptors (Lipinski definition) is 4. The molecule has 21 heavy (non-hydrogen) atoms. The molecule has 0 aliphatic heterocycles. The van der Waals surface area contributed by atoms with Crippen LogP contribution in [0.2, 0.25) is 0 Å². The zero-order valence-corrected chi connectivity index (χ0v) is 11.2. The van der Waals surface area contributed by atoms with E-state index >= 15 is 0 Å². The van der Waals surface area contributed by atoms with Gasteiger partial charge in [0.1, 0.15) is 30.3 Å². The third kappa shape index (κ3) is 3.98. The summed E-state index contributed by atoms with van der Waals surface area (Å²) in [5.41, 5.74) is 0.633. The van der Waals surface area contributed by atoms with Gasteiger partial charge in [0.2, 0.25) is 0 Å². The van der Waals surface area contributed by atoms with Crippen molar-refractivity contribution in [2.45, 2.75) is 0 Å². The van der Waals surface area contributed by atoms with Gasteiger partial charge < -0.3 is 14.6 Å². The van der Waals surface area contributed by atoms with Crippen LogP contribution in [0.5, 0.6) is 11.5 Å². The van der Waals surface area contributed by atoms with E-state index in [4.69, 9.17) is 19.8 Å². The maximum Gasteiger partial charge on any atom is 0.339 e. The molecule has 0 radical (unpaired) electrons. The number of nitriles is 1. The molecule has 2 aromatic rings. The first kappa shape index (κ1) is 14.4. The summed E-state index contributed by atoms with van der Waals surface area (Å²) >= 11 is 0. The fraction of sp³-hybridized carbons (Fsp3) is 0.125. The highest BCUT2D eigenvalue weighted by molar-refractivity contribution is 5.90. The van der Waals surface area contributed by atoms with Crippen molar-refractivity contribution >= 4 is 5.97 Å². The van der Waals surface area contributed by atoms with Gasteiger partial charge in [-0.3, -0.25) is 0 Å². The van der Waals surface area contributed by atoms with Gasteiger partial charge in [0.15, 0.2) is 0 Å². The number of para-hydroxylation sites is 1. The summed E-state index contributed by atoms with van der Waals surface area (Å²) in [6.07, 6.45) is 0. The van der Waals surface area contributed by atoms with E-state index in [1.807, 2.05) is 6.07 Å². The van der Waals surface area contributed by atoms with Crippen LogP contribution in [0.3, 0.4) is 0 Å². The first-order chi connectivity index (χ1) is 10.2. The lowest BCUT2D eigenvalue weighted by Gasteiger charge is -2.10. The van der Waals surface area contributed by atoms with Gasteiger partial charge in [-0.05, 0) is 30.3 Å². The van der Waals surface area contributed by atoms with Crippen LogP contribution in [0, 0.1) is 11.3 Å². The van der Waals surface area contributed by atoms with Crippen molar-refractivity contribution in [1.29, 1.82) is 5.26 Å². The molecule has 0 atom stereocenters. The lowest BCUT2D eigenvalue weighted by molar-refractivity contribution is 0.0691. The van der Waals surface area contributed by atoms with Crippen molar-refractivity contribution in [2.24, 2.45) is 0 Å². The van der Waals surface area contributed by atoms with Crippen molar-refractivity contribution in [2.75, 3.05) is 13.2 Å². The zero-order valence-electron chi connectivity index (χ0n) is 11.2. The third-order valence-corrected chi connectivity index (χ3v) is 2.69. The topological polar surface area (TPSA) is 79.5 Å². The maximum atomic E-state index is 11.0. The van der Waals surface area contributed by atoms with Crippen molar-refractivity contribution in [3.05, 3.63) is 59.7 Å². The number of aromatic carboxylic acids is 1. The molecule has 0 aliphatic rings. The quantitative estimate of drug-likeness (QED) is 0.824. The van der Waals surface area contributed by atoms with E-state index < -0.39 is 5.97 Å². The number of benzene rings is 2. The molecule has 0 unspecified atom stereocenters. The number of nitrogens with zero attached hydrogens (tertiary/aromatic N) is 1. The summed E-state index contributed by atoms with van der Waals surface area (Å²) in [5, 5.41) is 17.8. The van der Waals surface area contributed by atoms with Crippen LogP contribution in [0.15, 0.2) is 48.5 Å². The Morgan fingerprint density at radius 2 is 1.86 bits per heavy atom. The van der Waals surface area contributed by atoms with Crippen molar-refractivity contribution in [3.63, 3.8) is 0 Å². The van der Waals surface area contributed by atoms with Crippen LogP contribution in [0.25, 0.3) is 0 Å². The Bertz CT molecular complexity index is 676. The largest absolute Gasteiger partial charge is 0.490 e.